The van der Waals surface area contributed by atoms with Gasteiger partial charge in [-0.05, 0) is 54.4 Å². The van der Waals surface area contributed by atoms with Crippen LogP contribution in [0.25, 0.3) is 0 Å². The third kappa shape index (κ3) is 4.91. The first-order chi connectivity index (χ1) is 13.4. The average Bonchev–Trinajstić information content (AvgIpc) is 2.74. The zero-order valence-corrected chi connectivity index (χ0v) is 19.1. The van der Waals surface area contributed by atoms with Gasteiger partial charge in [0.05, 0.1) is 5.70 Å². The fourth-order valence-corrected chi connectivity index (χ4v) is 4.41. The normalized spacial score (nSPS) is 24.1. The molecular formula is C21H32N4O3S. The molecule has 8 heteroatoms. The maximum absolute atomic E-state index is 12.9. The van der Waals surface area contributed by atoms with Gasteiger partial charge >= 0.3 is 6.09 Å². The molecule has 2 aliphatic heterocycles. The molecule has 7 nitrogen and oxygen atoms in total. The number of nitrogens with zero attached hydrogens (tertiary/aromatic N) is 4. The molecule has 3 aliphatic rings. The van der Waals surface area contributed by atoms with E-state index in [0.29, 0.717) is 19.5 Å². The van der Waals surface area contributed by atoms with Crippen LogP contribution < -0.4 is 0 Å². The number of hydrogen-bond acceptors (Lipinski definition) is 6. The Morgan fingerprint density at radius 2 is 1.79 bits per heavy atom. The molecular weight excluding hydrogens is 388 g/mol. The molecule has 0 saturated carbocycles. The lowest BCUT2D eigenvalue weighted by Crippen LogP contribution is -2.47. The molecule has 1 aliphatic carbocycles. The van der Waals surface area contributed by atoms with E-state index in [1.54, 1.807) is 4.90 Å². The fraction of sp³-hybridized carbons (Fsp3) is 0.714. The van der Waals surface area contributed by atoms with Crippen LogP contribution in [0, 0.1) is 5.41 Å². The van der Waals surface area contributed by atoms with E-state index in [2.05, 4.69) is 14.4 Å². The molecule has 1 fully saturated rings. The van der Waals surface area contributed by atoms with Gasteiger partial charge in [0.15, 0.2) is 0 Å². The predicted molar refractivity (Wildman–Crippen MR) is 118 cm³/mol. The third-order valence-corrected chi connectivity index (χ3v) is 6.65. The summed E-state index contributed by atoms with van der Waals surface area (Å²) in [6, 6.07) is 0. The Morgan fingerprint density at radius 1 is 1.17 bits per heavy atom. The van der Waals surface area contributed by atoms with Crippen molar-refractivity contribution in [3.8, 4) is 0 Å². The molecule has 2 heterocycles. The number of likely N-dealkylation sites (tertiary alicyclic amines) is 1. The van der Waals surface area contributed by atoms with Crippen molar-refractivity contribution in [2.75, 3.05) is 13.1 Å². The molecule has 1 saturated heterocycles. The van der Waals surface area contributed by atoms with Gasteiger partial charge in [0.1, 0.15) is 33.1 Å². The minimum absolute atomic E-state index is 0.282. The van der Waals surface area contributed by atoms with Crippen LogP contribution >= 0.6 is 0 Å². The van der Waals surface area contributed by atoms with Gasteiger partial charge in [-0.15, -0.1) is 0 Å². The molecule has 0 N–H and O–H groups in total. The van der Waals surface area contributed by atoms with Gasteiger partial charge in [0, 0.05) is 43.8 Å². The Morgan fingerprint density at radius 3 is 2.38 bits per heavy atom. The smallest absolute Gasteiger partial charge is 0.410 e. The van der Waals surface area contributed by atoms with Gasteiger partial charge in [-0.3, -0.25) is 9.98 Å². The van der Waals surface area contributed by atoms with Crippen molar-refractivity contribution >= 4 is 35.6 Å². The summed E-state index contributed by atoms with van der Waals surface area (Å²) in [6.45, 7) is 12.5. The number of carbonyl (C=O) groups is 1. The SMILES string of the molecule is CC(C)(C)OC(=O)N1CCC2(CC1)CC1=C(N=CCC=N1)/C2=N\[S+]([O-])C(C)(C)C. The molecule has 1 amide bonds. The van der Waals surface area contributed by atoms with Crippen LogP contribution in [0.1, 0.15) is 67.2 Å². The molecule has 0 radical (unpaired) electrons. The highest BCUT2D eigenvalue weighted by Crippen LogP contribution is 2.49. The number of ether oxygens (including phenoxy) is 1. The minimum atomic E-state index is -1.38. The summed E-state index contributed by atoms with van der Waals surface area (Å²) in [5, 5.41) is 0. The predicted octanol–water partition coefficient (Wildman–Crippen LogP) is 4.07. The van der Waals surface area contributed by atoms with Crippen LogP contribution in [0.15, 0.2) is 25.8 Å². The Kier molecular flexibility index (Phi) is 5.98. The second-order valence-electron chi connectivity index (χ2n) is 9.88. The second-order valence-corrected chi connectivity index (χ2v) is 11.8. The number of aliphatic imine (C=N–C) groups is 2. The molecule has 0 aromatic carbocycles. The van der Waals surface area contributed by atoms with Crippen LogP contribution in [0.4, 0.5) is 4.79 Å². The van der Waals surface area contributed by atoms with Crippen molar-refractivity contribution in [3.63, 3.8) is 0 Å². The molecule has 1 spiro atoms. The van der Waals surface area contributed by atoms with Crippen molar-refractivity contribution in [1.82, 2.24) is 4.90 Å². The summed E-state index contributed by atoms with van der Waals surface area (Å²) in [4.78, 5) is 23.4. The number of allylic oxidation sites excluding steroid dienone is 2. The standard InChI is InChI=1S/C21H32N4O3S/c1-19(2,3)28-18(26)25-12-8-21(9-13-25)14-15-16(23-11-7-10-22-15)17(21)24-29(27)20(4,5)6/h10-11H,7-9,12-14H2,1-6H3/b24-17+. The molecule has 1 atom stereocenters. The second kappa shape index (κ2) is 7.87. The minimum Gasteiger partial charge on any atom is -0.591 e. The molecule has 160 valence electrons. The first-order valence-corrected chi connectivity index (χ1v) is 11.3. The summed E-state index contributed by atoms with van der Waals surface area (Å²) in [6.07, 6.45) is 6.26. The van der Waals surface area contributed by atoms with E-state index in [4.69, 9.17) is 4.74 Å². The van der Waals surface area contributed by atoms with Crippen molar-refractivity contribution in [1.29, 1.82) is 0 Å². The van der Waals surface area contributed by atoms with Crippen molar-refractivity contribution in [2.45, 2.75) is 77.6 Å². The topological polar surface area (TPSA) is 89.7 Å². The number of piperidine rings is 1. The lowest BCUT2D eigenvalue weighted by atomic mass is 9.74. The van der Waals surface area contributed by atoms with Gasteiger partial charge in [-0.25, -0.2) is 4.79 Å². The highest BCUT2D eigenvalue weighted by Gasteiger charge is 2.50. The maximum Gasteiger partial charge on any atom is 0.410 e. The van der Waals surface area contributed by atoms with Crippen molar-refractivity contribution < 1.29 is 14.1 Å². The van der Waals surface area contributed by atoms with Crippen LogP contribution in [0.2, 0.25) is 0 Å². The van der Waals surface area contributed by atoms with Crippen LogP contribution in [0.5, 0.6) is 0 Å². The lowest BCUT2D eigenvalue weighted by molar-refractivity contribution is 0.0159. The van der Waals surface area contributed by atoms with E-state index in [9.17, 15) is 9.35 Å². The molecule has 0 aromatic heterocycles. The number of hydrogen-bond donors (Lipinski definition) is 0. The van der Waals surface area contributed by atoms with Crippen molar-refractivity contribution in [3.05, 3.63) is 11.4 Å². The van der Waals surface area contributed by atoms with Gasteiger partial charge in [-0.2, -0.15) is 0 Å². The molecule has 29 heavy (non-hydrogen) atoms. The van der Waals surface area contributed by atoms with Crippen LogP contribution in [-0.2, 0) is 16.1 Å². The number of amides is 1. The quantitative estimate of drug-likeness (QED) is 0.599. The summed E-state index contributed by atoms with van der Waals surface area (Å²) in [5.41, 5.74) is 1.67. The van der Waals surface area contributed by atoms with Crippen molar-refractivity contribution in [2.24, 2.45) is 19.8 Å². The van der Waals surface area contributed by atoms with E-state index in [1.165, 1.54) is 0 Å². The Hall–Kier alpha value is -1.67. The molecule has 3 rings (SSSR count). The first kappa shape index (κ1) is 22.0. The molecule has 0 bridgehead atoms. The van der Waals surface area contributed by atoms with Crippen LogP contribution in [0.3, 0.4) is 0 Å². The zero-order valence-electron chi connectivity index (χ0n) is 18.3. The van der Waals surface area contributed by atoms with Gasteiger partial charge in [0.2, 0.25) is 0 Å². The largest absolute Gasteiger partial charge is 0.591 e. The summed E-state index contributed by atoms with van der Waals surface area (Å²) in [7, 11) is 0. The summed E-state index contributed by atoms with van der Waals surface area (Å²) >= 11 is -1.38. The van der Waals surface area contributed by atoms with E-state index in [0.717, 1.165) is 36.4 Å². The highest BCUT2D eigenvalue weighted by molar-refractivity contribution is 7.91. The fourth-order valence-electron chi connectivity index (χ4n) is 3.69. The summed E-state index contributed by atoms with van der Waals surface area (Å²) in [5.74, 6) is 0. The Balaban J connectivity index is 1.86. The van der Waals surface area contributed by atoms with E-state index >= 15 is 0 Å². The highest BCUT2D eigenvalue weighted by atomic mass is 32.2. The van der Waals surface area contributed by atoms with Gasteiger partial charge in [0.25, 0.3) is 0 Å². The lowest BCUT2D eigenvalue weighted by Gasteiger charge is -2.39. The Bertz CT molecular complexity index is 779. The third-order valence-electron chi connectivity index (χ3n) is 5.25. The average molecular weight is 421 g/mol. The van der Waals surface area contributed by atoms with E-state index in [-0.39, 0.29) is 11.5 Å². The molecule has 1 unspecified atom stereocenters. The first-order valence-electron chi connectivity index (χ1n) is 10.2. The van der Waals surface area contributed by atoms with Gasteiger partial charge < -0.3 is 14.2 Å². The zero-order chi connectivity index (χ0) is 21.4. The summed E-state index contributed by atoms with van der Waals surface area (Å²) < 4.78 is 22.6. The van der Waals surface area contributed by atoms with E-state index in [1.807, 2.05) is 54.0 Å². The number of rotatable bonds is 1. The number of carbonyl (C=O) groups excluding carboxylic acids is 1. The van der Waals surface area contributed by atoms with Crippen LogP contribution in [-0.4, -0.2) is 57.1 Å². The van der Waals surface area contributed by atoms with E-state index < -0.39 is 21.7 Å². The maximum atomic E-state index is 12.9. The van der Waals surface area contributed by atoms with Gasteiger partial charge in [-0.1, -0.05) is 4.40 Å². The monoisotopic (exact) mass is 420 g/mol. The molecule has 0 aromatic rings. The Labute approximate surface area is 176 Å².